The molecule has 5 nitrogen and oxygen atoms in total. The highest BCUT2D eigenvalue weighted by Crippen LogP contribution is 2.54. The first-order valence-corrected chi connectivity index (χ1v) is 29.7. The highest BCUT2D eigenvalue weighted by atomic mass is 16.5. The van der Waals surface area contributed by atoms with E-state index < -0.39 is 0 Å². The number of fused-ring (bicyclic) bond motifs is 5. The van der Waals surface area contributed by atoms with Crippen LogP contribution in [0.4, 0.5) is 22.7 Å². The molecule has 1 aliphatic heterocycles. The van der Waals surface area contributed by atoms with Crippen LogP contribution < -0.4 is 14.5 Å². The Morgan fingerprint density at radius 3 is 1.73 bits per heavy atom. The van der Waals surface area contributed by atoms with E-state index >= 15 is 0 Å². The SMILES string of the molecule is [2H]c1cc(-c2cc(C(C)(C)C)cc(C(C)(C)C)c2)ccc1-c1cc(C(C)(C)C)cc(-c2ccc3c(c2)C(C)(C)CCC3(C)C)c1N1CN(c2cccc(Oc3ccc4c5c([2H])c([2H])c([2H])c([2H])c5n(-c5cc(C(C)(C)C)ccn5)c4c3)c2)c2ccccc21. The normalized spacial score (nSPS) is 16.1. The van der Waals surface area contributed by atoms with Gasteiger partial charge >= 0.3 is 0 Å². The van der Waals surface area contributed by atoms with Crippen LogP contribution >= 0.6 is 0 Å². The monoisotopic (exact) mass is 1100 g/mol. The second-order valence-corrected chi connectivity index (χ2v) is 29.0. The van der Waals surface area contributed by atoms with Crippen molar-refractivity contribution in [1.29, 1.82) is 0 Å². The van der Waals surface area contributed by atoms with Gasteiger partial charge in [0.05, 0.1) is 34.9 Å². The van der Waals surface area contributed by atoms with Crippen molar-refractivity contribution in [2.24, 2.45) is 0 Å². The molecule has 0 unspecified atom stereocenters. The molecule has 422 valence electrons. The molecule has 0 atom stereocenters. The lowest BCUT2D eigenvalue weighted by molar-refractivity contribution is 0.332. The van der Waals surface area contributed by atoms with Crippen LogP contribution in [0.25, 0.3) is 61.0 Å². The van der Waals surface area contributed by atoms with Gasteiger partial charge in [-0.2, -0.15) is 0 Å². The van der Waals surface area contributed by atoms with Gasteiger partial charge in [-0.05, 0) is 168 Å². The highest BCUT2D eigenvalue weighted by Gasteiger charge is 2.39. The Morgan fingerprint density at radius 1 is 0.458 bits per heavy atom. The van der Waals surface area contributed by atoms with E-state index in [2.05, 4.69) is 224 Å². The maximum absolute atomic E-state index is 10.2. The predicted molar refractivity (Wildman–Crippen MR) is 354 cm³/mol. The van der Waals surface area contributed by atoms with Crippen LogP contribution in [-0.2, 0) is 32.5 Å². The van der Waals surface area contributed by atoms with Gasteiger partial charge in [0, 0.05) is 45.9 Å². The van der Waals surface area contributed by atoms with Gasteiger partial charge < -0.3 is 14.5 Å². The third kappa shape index (κ3) is 10.3. The van der Waals surface area contributed by atoms with Crippen LogP contribution in [-0.4, -0.2) is 16.2 Å². The molecular weight excluding hydrogens is 1010 g/mol. The molecule has 1 aliphatic carbocycles. The molecule has 2 aromatic heterocycles. The van der Waals surface area contributed by atoms with Gasteiger partial charge in [-0.1, -0.05) is 208 Å². The maximum Gasteiger partial charge on any atom is 0.137 e. The summed E-state index contributed by atoms with van der Waals surface area (Å²) in [5, 5.41) is 1.10. The topological polar surface area (TPSA) is 33.5 Å². The van der Waals surface area contributed by atoms with Crippen molar-refractivity contribution in [3.63, 3.8) is 0 Å². The number of para-hydroxylation sites is 3. The molecule has 0 N–H and O–H groups in total. The number of benzene rings is 8. The first kappa shape index (κ1) is 49.7. The number of pyridine rings is 1. The fourth-order valence-electron chi connectivity index (χ4n) is 12.5. The van der Waals surface area contributed by atoms with E-state index in [0.717, 1.165) is 74.5 Å². The molecule has 0 saturated heterocycles. The van der Waals surface area contributed by atoms with E-state index in [1.54, 1.807) is 6.20 Å². The van der Waals surface area contributed by atoms with Crippen molar-refractivity contribution in [3.05, 3.63) is 215 Å². The van der Waals surface area contributed by atoms with Crippen LogP contribution in [0.3, 0.4) is 0 Å². The summed E-state index contributed by atoms with van der Waals surface area (Å²) in [5.41, 5.74) is 18.4. The highest BCUT2D eigenvalue weighted by molar-refractivity contribution is 6.09. The van der Waals surface area contributed by atoms with Crippen molar-refractivity contribution in [2.45, 2.75) is 156 Å². The van der Waals surface area contributed by atoms with Crippen molar-refractivity contribution < 1.29 is 11.6 Å². The van der Waals surface area contributed by atoms with E-state index in [1.165, 1.54) is 27.8 Å². The minimum Gasteiger partial charge on any atom is -0.457 e. The average molecular weight is 1100 g/mol. The summed E-state index contributed by atoms with van der Waals surface area (Å²) in [7, 11) is 0. The molecule has 0 radical (unpaired) electrons. The van der Waals surface area contributed by atoms with Gasteiger partial charge in [-0.25, -0.2) is 4.98 Å². The molecule has 10 aromatic rings. The van der Waals surface area contributed by atoms with Crippen LogP contribution in [0.15, 0.2) is 182 Å². The first-order valence-electron chi connectivity index (χ1n) is 32.2. The molecular formula is C78H84N4O. The minimum atomic E-state index is -0.298. The second kappa shape index (κ2) is 19.9. The Hall–Kier alpha value is -7.89. The molecule has 8 aromatic carbocycles. The molecule has 0 amide bonds. The molecule has 0 bridgehead atoms. The van der Waals surface area contributed by atoms with Gasteiger partial charge in [0.2, 0.25) is 0 Å². The molecule has 2 aliphatic rings. The van der Waals surface area contributed by atoms with Gasteiger partial charge in [0.1, 0.15) is 24.0 Å². The summed E-state index contributed by atoms with van der Waals surface area (Å²) in [6.07, 6.45) is 3.99. The van der Waals surface area contributed by atoms with Crippen molar-refractivity contribution >= 4 is 44.6 Å². The lowest BCUT2D eigenvalue weighted by atomic mass is 9.63. The zero-order valence-electron chi connectivity index (χ0n) is 56.8. The quantitative estimate of drug-likeness (QED) is 0.152. The molecule has 12 rings (SSSR count). The lowest BCUT2D eigenvalue weighted by Crippen LogP contribution is -2.33. The van der Waals surface area contributed by atoms with Gasteiger partial charge in [0.15, 0.2) is 0 Å². The Morgan fingerprint density at radius 2 is 1.06 bits per heavy atom. The predicted octanol–water partition coefficient (Wildman–Crippen LogP) is 21.8. The number of hydrogen-bond acceptors (Lipinski definition) is 4. The fraction of sp³-hybridized carbons (Fsp3) is 0.321. The average Bonchev–Trinajstić information content (AvgIpc) is 1.51. The first-order chi connectivity index (χ1) is 41.2. The number of aromatic nitrogens is 2. The van der Waals surface area contributed by atoms with Crippen LogP contribution in [0.1, 0.15) is 164 Å². The van der Waals surface area contributed by atoms with E-state index in [0.29, 0.717) is 51.8 Å². The second-order valence-electron chi connectivity index (χ2n) is 29.0. The zero-order chi connectivity index (χ0) is 63.1. The zero-order valence-corrected chi connectivity index (χ0v) is 51.8. The van der Waals surface area contributed by atoms with Crippen molar-refractivity contribution in [1.82, 2.24) is 9.55 Å². The molecule has 0 fully saturated rings. The van der Waals surface area contributed by atoms with E-state index in [1.807, 2.05) is 47.0 Å². The Kier molecular flexibility index (Phi) is 11.9. The number of ether oxygens (including phenoxy) is 1. The van der Waals surface area contributed by atoms with Crippen LogP contribution in [0.5, 0.6) is 11.5 Å². The summed E-state index contributed by atoms with van der Waals surface area (Å²) >= 11 is 0. The van der Waals surface area contributed by atoms with Gasteiger partial charge in [0.25, 0.3) is 0 Å². The Bertz CT molecular complexity index is 4430. The largest absolute Gasteiger partial charge is 0.457 e. The Labute approximate surface area is 502 Å². The fourth-order valence-corrected chi connectivity index (χ4v) is 12.5. The van der Waals surface area contributed by atoms with Crippen molar-refractivity contribution in [3.8, 4) is 50.7 Å². The lowest BCUT2D eigenvalue weighted by Gasteiger charge is -2.42. The summed E-state index contributed by atoms with van der Waals surface area (Å²) < 4.78 is 54.6. The summed E-state index contributed by atoms with van der Waals surface area (Å²) in [5.74, 6) is 1.71. The molecule has 0 spiro atoms. The van der Waals surface area contributed by atoms with E-state index in [4.69, 9.17) is 13.8 Å². The molecule has 5 heteroatoms. The van der Waals surface area contributed by atoms with Crippen LogP contribution in [0.2, 0.25) is 0 Å². The smallest absolute Gasteiger partial charge is 0.137 e. The van der Waals surface area contributed by atoms with Crippen LogP contribution in [0, 0.1) is 0 Å². The van der Waals surface area contributed by atoms with Gasteiger partial charge in [-0.15, -0.1) is 0 Å². The number of nitrogens with zero attached hydrogens (tertiary/aromatic N) is 4. The third-order valence-corrected chi connectivity index (χ3v) is 17.8. The summed E-state index contributed by atoms with van der Waals surface area (Å²) in [6, 6.07) is 51.7. The summed E-state index contributed by atoms with van der Waals surface area (Å²) in [4.78, 5) is 9.62. The number of rotatable bonds is 8. The number of hydrogen-bond donors (Lipinski definition) is 0. The van der Waals surface area contributed by atoms with E-state index in [-0.39, 0.29) is 56.7 Å². The minimum absolute atomic E-state index is 0.0219. The molecule has 83 heavy (non-hydrogen) atoms. The number of anilines is 4. The molecule has 0 saturated carbocycles. The maximum atomic E-state index is 10.2. The standard InChI is InChI=1S/C78H84N4O/c1-73(2,3)54-36-39-79-71(46-54)82-67-25-18-17-24-61(67)62-34-33-60(48-70(62)82)83-59-23-21-22-58(47-59)80-49-81(69-27-20-19-26-68(69)80)72-63(51-30-28-50(29-31-51)53-40-55(74(4,5)6)43-56(41-53)75(7,8)9)44-57(76(10,11)12)45-64(72)52-32-35-65-66(42-52)78(15,16)38-37-77(65,13)14/h17-36,39-48H,37-38,49H2,1-16H3/i17D,18D,24D,25D,30D. The molecule has 3 heterocycles. The Balaban J connectivity index is 1.01. The third-order valence-electron chi connectivity index (χ3n) is 17.8. The van der Waals surface area contributed by atoms with Crippen molar-refractivity contribution in [2.75, 3.05) is 16.5 Å². The van der Waals surface area contributed by atoms with Gasteiger partial charge in [-0.3, -0.25) is 4.57 Å². The summed E-state index contributed by atoms with van der Waals surface area (Å²) in [6.45, 7) is 37.0. The van der Waals surface area contributed by atoms with E-state index in [9.17, 15) is 2.74 Å².